The third kappa shape index (κ3) is 2.88. The van der Waals surface area contributed by atoms with Crippen LogP contribution in [-0.2, 0) is 9.26 Å². The maximum atomic E-state index is 11.9. The lowest BCUT2D eigenvalue weighted by atomic mass is 10.1. The van der Waals surface area contributed by atoms with Gasteiger partial charge < -0.3 is 25.2 Å². The van der Waals surface area contributed by atoms with Crippen molar-refractivity contribution < 1.29 is 28.5 Å². The Morgan fingerprint density at radius 3 is 2.95 bits per heavy atom. The monoisotopic (exact) mass is 294 g/mol. The van der Waals surface area contributed by atoms with Crippen molar-refractivity contribution in [3.8, 4) is 0 Å². The molecule has 0 radical (unpaired) electrons. The Hall–Kier alpha value is -1.19. The Balaban J connectivity index is 2.09. The van der Waals surface area contributed by atoms with Gasteiger partial charge in [0.2, 0.25) is 14.9 Å². The molecule has 1 aromatic rings. The lowest BCUT2D eigenvalue weighted by molar-refractivity contribution is -0.0546. The molecule has 0 saturated carbocycles. The average Bonchev–Trinajstić information content (AvgIpc) is 2.95. The first-order valence-corrected chi connectivity index (χ1v) is 6.03. The molecule has 1 saturated heterocycles. The van der Waals surface area contributed by atoms with E-state index in [2.05, 4.69) is 14.6 Å². The number of ether oxygens (including phenoxy) is 1. The molecule has 0 bridgehead atoms. The molecule has 1 amide bonds. The van der Waals surface area contributed by atoms with Crippen molar-refractivity contribution >= 4 is 15.0 Å². The minimum absolute atomic E-state index is 0.207. The van der Waals surface area contributed by atoms with Crippen molar-refractivity contribution in [2.45, 2.75) is 24.5 Å². The molecule has 0 spiro atoms. The van der Waals surface area contributed by atoms with Crippen molar-refractivity contribution in [2.75, 3.05) is 6.61 Å². The summed E-state index contributed by atoms with van der Waals surface area (Å²) in [5.74, 6) is -1.07. The molecular weight excluding hydrogens is 282 g/mol. The van der Waals surface area contributed by atoms with Crippen LogP contribution in [-0.4, -0.2) is 55.8 Å². The van der Waals surface area contributed by atoms with Crippen LogP contribution < -0.4 is 5.73 Å². The van der Waals surface area contributed by atoms with E-state index >= 15 is 0 Å². The summed E-state index contributed by atoms with van der Waals surface area (Å²) in [4.78, 5) is 14.5. The van der Waals surface area contributed by atoms with Gasteiger partial charge in [0.15, 0.2) is 6.23 Å². The van der Waals surface area contributed by atoms with E-state index in [1.165, 1.54) is 0 Å². The van der Waals surface area contributed by atoms with Crippen molar-refractivity contribution in [1.82, 2.24) is 14.8 Å². The zero-order chi connectivity index (χ0) is 14.0. The van der Waals surface area contributed by atoms with E-state index in [1.807, 2.05) is 0 Å². The second-order valence-electron chi connectivity index (χ2n) is 3.85. The van der Waals surface area contributed by atoms with Gasteiger partial charge in [0.1, 0.15) is 24.6 Å². The maximum absolute atomic E-state index is 11.9. The molecule has 1 aliphatic rings. The van der Waals surface area contributed by atoms with Crippen LogP contribution in [0.4, 0.5) is 4.20 Å². The molecule has 1 aromatic heterocycles. The molecule has 1 aliphatic heterocycles. The van der Waals surface area contributed by atoms with Crippen molar-refractivity contribution in [2.24, 2.45) is 5.73 Å². The molecule has 2 heterocycles. The zero-order valence-corrected chi connectivity index (χ0v) is 10.5. The van der Waals surface area contributed by atoms with Crippen LogP contribution in [0.1, 0.15) is 16.8 Å². The van der Waals surface area contributed by atoms with Gasteiger partial charge in [0.25, 0.3) is 5.91 Å². The highest BCUT2D eigenvalue weighted by molar-refractivity contribution is 7.25. The van der Waals surface area contributed by atoms with Gasteiger partial charge in [-0.1, -0.05) is 0 Å². The van der Waals surface area contributed by atoms with Crippen LogP contribution in [0, 0.1) is 0 Å². The minimum atomic E-state index is -1.31. The first-order chi connectivity index (χ1) is 9.04. The predicted molar refractivity (Wildman–Crippen MR) is 59.8 cm³/mol. The van der Waals surface area contributed by atoms with Crippen LogP contribution >= 0.6 is 9.12 Å². The number of hydrogen-bond acceptors (Lipinski definition) is 7. The molecule has 1 unspecified atom stereocenters. The number of carbonyl (C=O) groups excluding carboxylic acids is 1. The van der Waals surface area contributed by atoms with E-state index in [-0.39, 0.29) is 12.4 Å². The fourth-order valence-corrected chi connectivity index (χ4v) is 1.94. The normalized spacial score (nSPS) is 31.3. The molecule has 1 fully saturated rings. The van der Waals surface area contributed by atoms with E-state index in [1.54, 1.807) is 0 Å². The zero-order valence-electron chi connectivity index (χ0n) is 9.51. The standard InChI is InChI=1S/C8H12FN4O5P/c9-19-17-1-3-4(14)5(15)8(18-3)13-2-11-7(12-13)6(10)16/h2-5,8,14-15,19H,1H2,(H2,10,16)/t3-,4-,5-,8-/m1/s1. The molecule has 2 rings (SSSR count). The lowest BCUT2D eigenvalue weighted by Gasteiger charge is -2.13. The number of aliphatic hydroxyl groups is 2. The predicted octanol–water partition coefficient (Wildman–Crippen LogP) is -1.51. The summed E-state index contributed by atoms with van der Waals surface area (Å²) in [6.07, 6.45) is -3.38. The number of carbonyl (C=O) groups is 1. The molecule has 5 atom stereocenters. The van der Waals surface area contributed by atoms with Gasteiger partial charge in [-0.3, -0.25) is 4.79 Å². The van der Waals surface area contributed by atoms with E-state index in [0.29, 0.717) is 0 Å². The maximum Gasteiger partial charge on any atom is 0.288 e. The number of nitrogens with zero attached hydrogens (tertiary/aromatic N) is 3. The average molecular weight is 294 g/mol. The quantitative estimate of drug-likeness (QED) is 0.562. The highest BCUT2D eigenvalue weighted by atomic mass is 31.1. The second kappa shape index (κ2) is 5.85. The number of nitrogens with two attached hydrogens (primary N) is 1. The smallest absolute Gasteiger partial charge is 0.288 e. The molecule has 11 heteroatoms. The van der Waals surface area contributed by atoms with E-state index in [4.69, 9.17) is 10.5 Å². The van der Waals surface area contributed by atoms with Gasteiger partial charge in [-0.2, -0.15) is 4.20 Å². The summed E-state index contributed by atoms with van der Waals surface area (Å²) in [6, 6.07) is 0. The lowest BCUT2D eigenvalue weighted by Crippen LogP contribution is -2.33. The number of hydrogen-bond donors (Lipinski definition) is 3. The Morgan fingerprint density at radius 1 is 1.63 bits per heavy atom. The summed E-state index contributed by atoms with van der Waals surface area (Å²) in [5, 5.41) is 23.2. The van der Waals surface area contributed by atoms with Crippen LogP contribution in [0.15, 0.2) is 6.33 Å². The number of amides is 1. The number of aromatic nitrogens is 3. The summed E-state index contributed by atoms with van der Waals surface area (Å²) < 4.78 is 22.8. The van der Waals surface area contributed by atoms with E-state index < -0.39 is 39.6 Å². The van der Waals surface area contributed by atoms with Gasteiger partial charge in [-0.05, 0) is 0 Å². The summed E-state index contributed by atoms with van der Waals surface area (Å²) >= 11 is 0. The Morgan fingerprint density at radius 2 is 2.37 bits per heavy atom. The molecular formula is C8H12FN4O5P. The Bertz CT molecular complexity index is 460. The third-order valence-electron chi connectivity index (χ3n) is 2.63. The summed E-state index contributed by atoms with van der Waals surface area (Å²) in [7, 11) is -1.24. The summed E-state index contributed by atoms with van der Waals surface area (Å²) in [5.41, 5.74) is 4.99. The number of primary amides is 1. The van der Waals surface area contributed by atoms with Gasteiger partial charge >= 0.3 is 0 Å². The Kier molecular flexibility index (Phi) is 4.38. The van der Waals surface area contributed by atoms with Gasteiger partial charge in [0.05, 0.1) is 6.61 Å². The van der Waals surface area contributed by atoms with Crippen molar-refractivity contribution in [3.63, 3.8) is 0 Å². The van der Waals surface area contributed by atoms with E-state index in [9.17, 15) is 19.2 Å². The molecule has 0 aromatic carbocycles. The SMILES string of the molecule is NC(=O)c1ncn([C@@H]2O[C@H](COPF)[C@@H](O)[C@H]2O)n1. The fourth-order valence-electron chi connectivity index (χ4n) is 1.71. The van der Waals surface area contributed by atoms with Crippen LogP contribution in [0.5, 0.6) is 0 Å². The third-order valence-corrected chi connectivity index (χ3v) is 2.90. The Labute approximate surface area is 108 Å². The van der Waals surface area contributed by atoms with Crippen LogP contribution in [0.3, 0.4) is 0 Å². The van der Waals surface area contributed by atoms with Crippen molar-refractivity contribution in [1.29, 1.82) is 0 Å². The van der Waals surface area contributed by atoms with E-state index in [0.717, 1.165) is 11.0 Å². The molecule has 19 heavy (non-hydrogen) atoms. The minimum Gasteiger partial charge on any atom is -0.387 e. The second-order valence-corrected chi connectivity index (χ2v) is 4.29. The molecule has 9 nitrogen and oxygen atoms in total. The topological polar surface area (TPSA) is 133 Å². The first kappa shape index (κ1) is 14.2. The molecule has 4 N–H and O–H groups in total. The summed E-state index contributed by atoms with van der Waals surface area (Å²) in [6.45, 7) is -0.207. The highest BCUT2D eigenvalue weighted by Gasteiger charge is 2.44. The van der Waals surface area contributed by atoms with Crippen LogP contribution in [0.25, 0.3) is 0 Å². The number of aliphatic hydroxyl groups excluding tert-OH is 2. The van der Waals surface area contributed by atoms with Gasteiger partial charge in [-0.25, -0.2) is 9.67 Å². The largest absolute Gasteiger partial charge is 0.387 e. The van der Waals surface area contributed by atoms with Gasteiger partial charge in [0, 0.05) is 0 Å². The van der Waals surface area contributed by atoms with Crippen molar-refractivity contribution in [3.05, 3.63) is 12.2 Å². The number of halogens is 1. The highest BCUT2D eigenvalue weighted by Crippen LogP contribution is 2.30. The molecule has 0 aliphatic carbocycles. The van der Waals surface area contributed by atoms with Crippen LogP contribution in [0.2, 0.25) is 0 Å². The molecule has 106 valence electrons. The fraction of sp³-hybridized carbons (Fsp3) is 0.625. The number of rotatable bonds is 5. The van der Waals surface area contributed by atoms with Gasteiger partial charge in [-0.15, -0.1) is 5.10 Å². The first-order valence-electron chi connectivity index (χ1n) is 5.24.